The Bertz CT molecular complexity index is 540. The van der Waals surface area contributed by atoms with Gasteiger partial charge in [-0.25, -0.2) is 0 Å². The van der Waals surface area contributed by atoms with Crippen molar-refractivity contribution in [1.82, 2.24) is 5.32 Å². The molecule has 0 aromatic carbocycles. The molecule has 0 unspecified atom stereocenters. The van der Waals surface area contributed by atoms with Gasteiger partial charge in [0.15, 0.2) is 0 Å². The van der Waals surface area contributed by atoms with Gasteiger partial charge in [-0.2, -0.15) is 5.26 Å². The summed E-state index contributed by atoms with van der Waals surface area (Å²) in [5, 5.41) is 15.7. The number of hydrogen-bond donors (Lipinski definition) is 3. The van der Waals surface area contributed by atoms with Crippen LogP contribution in [0.25, 0.3) is 0 Å². The topological polar surface area (TPSA) is 90.9 Å². The van der Waals surface area contributed by atoms with E-state index in [4.69, 9.17) is 11.0 Å². The van der Waals surface area contributed by atoms with Crippen molar-refractivity contribution in [2.24, 2.45) is 5.92 Å². The Morgan fingerprint density at radius 2 is 2.37 bits per heavy atom. The summed E-state index contributed by atoms with van der Waals surface area (Å²) in [6.45, 7) is 4.75. The first-order chi connectivity index (χ1) is 9.17. The summed E-state index contributed by atoms with van der Waals surface area (Å²) in [5.74, 6) is 0.422. The molecule has 19 heavy (non-hydrogen) atoms. The molecule has 0 bridgehead atoms. The van der Waals surface area contributed by atoms with Crippen molar-refractivity contribution in [2.45, 2.75) is 12.8 Å². The molecule has 4 N–H and O–H groups in total. The van der Waals surface area contributed by atoms with E-state index in [1.807, 2.05) is 0 Å². The molecular weight excluding hydrogens is 260 g/mol. The number of anilines is 2. The van der Waals surface area contributed by atoms with Crippen LogP contribution in [0, 0.1) is 17.2 Å². The number of nitrogens with one attached hydrogen (secondary N) is 2. The lowest BCUT2D eigenvalue weighted by Gasteiger charge is -2.01. The molecule has 1 aliphatic carbocycles. The van der Waals surface area contributed by atoms with Crippen LogP contribution in [0.15, 0.2) is 12.7 Å². The maximum atomic E-state index is 11.9. The van der Waals surface area contributed by atoms with E-state index in [0.29, 0.717) is 27.9 Å². The minimum Gasteiger partial charge on any atom is -0.396 e. The first-order valence-corrected chi connectivity index (χ1v) is 6.94. The van der Waals surface area contributed by atoms with E-state index >= 15 is 0 Å². The highest BCUT2D eigenvalue weighted by atomic mass is 32.1. The number of nitrogens with zero attached hydrogens (tertiary/aromatic N) is 1. The summed E-state index contributed by atoms with van der Waals surface area (Å²) < 4.78 is 0. The van der Waals surface area contributed by atoms with Crippen LogP contribution in [0.3, 0.4) is 0 Å². The molecule has 1 amide bonds. The summed E-state index contributed by atoms with van der Waals surface area (Å²) in [4.78, 5) is 12.3. The number of carbonyl (C=O) groups excluding carboxylic acids is 1. The van der Waals surface area contributed by atoms with E-state index in [-0.39, 0.29) is 11.6 Å². The van der Waals surface area contributed by atoms with Crippen LogP contribution in [0.4, 0.5) is 10.7 Å². The van der Waals surface area contributed by atoms with Crippen LogP contribution in [0.1, 0.15) is 28.1 Å². The zero-order valence-corrected chi connectivity index (χ0v) is 11.3. The molecule has 1 aromatic heterocycles. The average molecular weight is 276 g/mol. The van der Waals surface area contributed by atoms with Crippen molar-refractivity contribution < 1.29 is 4.79 Å². The van der Waals surface area contributed by atoms with Crippen molar-refractivity contribution >= 4 is 27.9 Å². The summed E-state index contributed by atoms with van der Waals surface area (Å²) in [6, 6.07) is 2.06. The number of rotatable bonds is 6. The van der Waals surface area contributed by atoms with Gasteiger partial charge in [0.2, 0.25) is 0 Å². The number of carbonyl (C=O) groups is 1. The molecule has 0 atom stereocenters. The Morgan fingerprint density at radius 3 is 2.95 bits per heavy atom. The van der Waals surface area contributed by atoms with Gasteiger partial charge in [-0.05, 0) is 18.8 Å². The van der Waals surface area contributed by atoms with E-state index in [1.54, 1.807) is 6.08 Å². The lowest BCUT2D eigenvalue weighted by molar-refractivity contribution is 0.0963. The molecule has 2 rings (SSSR count). The molecule has 0 aliphatic heterocycles. The van der Waals surface area contributed by atoms with E-state index in [2.05, 4.69) is 23.3 Å². The fourth-order valence-corrected chi connectivity index (χ4v) is 2.65. The second kappa shape index (κ2) is 5.76. The molecule has 0 spiro atoms. The number of nitriles is 1. The Labute approximate surface area is 116 Å². The van der Waals surface area contributed by atoms with Crippen LogP contribution < -0.4 is 16.4 Å². The van der Waals surface area contributed by atoms with Gasteiger partial charge in [-0.3, -0.25) is 4.79 Å². The Hall–Kier alpha value is -2.00. The first-order valence-electron chi connectivity index (χ1n) is 6.12. The smallest absolute Gasteiger partial charge is 0.263 e. The van der Waals surface area contributed by atoms with Crippen LogP contribution in [-0.2, 0) is 0 Å². The fourth-order valence-electron chi connectivity index (χ4n) is 1.65. The van der Waals surface area contributed by atoms with Crippen LogP contribution in [0.5, 0.6) is 0 Å². The normalized spacial score (nSPS) is 13.6. The van der Waals surface area contributed by atoms with Gasteiger partial charge >= 0.3 is 0 Å². The van der Waals surface area contributed by atoms with Gasteiger partial charge in [0, 0.05) is 13.1 Å². The number of hydrogen-bond acceptors (Lipinski definition) is 5. The Balaban J connectivity index is 2.16. The Kier molecular flexibility index (Phi) is 4.07. The number of nitrogen functional groups attached to an aromatic ring is 1. The predicted octanol–water partition coefficient (Wildman–Crippen LogP) is 1.94. The lowest BCUT2D eigenvalue weighted by atomic mass is 10.2. The number of amides is 1. The second-order valence-electron chi connectivity index (χ2n) is 4.48. The minimum atomic E-state index is -0.265. The van der Waals surface area contributed by atoms with Crippen LogP contribution in [0.2, 0.25) is 0 Å². The zero-order valence-electron chi connectivity index (χ0n) is 10.5. The third-order valence-corrected chi connectivity index (χ3v) is 4.08. The van der Waals surface area contributed by atoms with Crippen molar-refractivity contribution in [1.29, 1.82) is 5.26 Å². The monoisotopic (exact) mass is 276 g/mol. The van der Waals surface area contributed by atoms with Gasteiger partial charge in [-0.1, -0.05) is 6.08 Å². The van der Waals surface area contributed by atoms with E-state index < -0.39 is 0 Å². The van der Waals surface area contributed by atoms with Crippen molar-refractivity contribution in [2.75, 3.05) is 24.1 Å². The molecule has 1 heterocycles. The lowest BCUT2D eigenvalue weighted by Crippen LogP contribution is -2.23. The third-order valence-electron chi connectivity index (χ3n) is 2.92. The molecule has 0 radical (unpaired) electrons. The molecule has 0 saturated heterocycles. The van der Waals surface area contributed by atoms with Crippen LogP contribution >= 0.6 is 11.3 Å². The molecule has 1 aliphatic rings. The highest BCUT2D eigenvalue weighted by molar-refractivity contribution is 7.18. The van der Waals surface area contributed by atoms with Crippen molar-refractivity contribution in [3.8, 4) is 6.07 Å². The summed E-state index contributed by atoms with van der Waals surface area (Å²) in [5.41, 5.74) is 6.50. The number of thiophene rings is 1. The largest absolute Gasteiger partial charge is 0.396 e. The maximum absolute atomic E-state index is 11.9. The van der Waals surface area contributed by atoms with E-state index in [9.17, 15) is 4.79 Å². The third kappa shape index (κ3) is 3.06. The Morgan fingerprint density at radius 1 is 1.63 bits per heavy atom. The summed E-state index contributed by atoms with van der Waals surface area (Å²) in [6.07, 6.45) is 4.05. The van der Waals surface area contributed by atoms with Crippen molar-refractivity contribution in [3.63, 3.8) is 0 Å². The van der Waals surface area contributed by atoms with Crippen molar-refractivity contribution in [3.05, 3.63) is 23.1 Å². The molecule has 100 valence electrons. The zero-order chi connectivity index (χ0) is 13.8. The van der Waals surface area contributed by atoms with Gasteiger partial charge in [-0.15, -0.1) is 17.9 Å². The minimum absolute atomic E-state index is 0.257. The van der Waals surface area contributed by atoms with Gasteiger partial charge in [0.1, 0.15) is 21.5 Å². The fraction of sp³-hybridized carbons (Fsp3) is 0.385. The quantitative estimate of drug-likeness (QED) is 0.692. The molecule has 1 saturated carbocycles. The van der Waals surface area contributed by atoms with E-state index in [1.165, 1.54) is 24.2 Å². The highest BCUT2D eigenvalue weighted by Crippen LogP contribution is 2.36. The summed E-state index contributed by atoms with van der Waals surface area (Å²) in [7, 11) is 0. The molecule has 6 heteroatoms. The summed E-state index contributed by atoms with van der Waals surface area (Å²) >= 11 is 1.23. The van der Waals surface area contributed by atoms with Gasteiger partial charge in [0.05, 0.1) is 5.69 Å². The highest BCUT2D eigenvalue weighted by Gasteiger charge is 2.24. The molecule has 5 nitrogen and oxygen atoms in total. The predicted molar refractivity (Wildman–Crippen MR) is 77.2 cm³/mol. The standard InChI is InChI=1S/C13H16N4OS/c1-2-5-16-12(18)11-10(15)9(6-14)13(19-11)17-7-8-3-4-8/h2,8,17H,1,3-5,7,15H2,(H,16,18). The molecular formula is C13H16N4OS. The first kappa shape index (κ1) is 13.4. The van der Waals surface area contributed by atoms with Gasteiger partial charge < -0.3 is 16.4 Å². The van der Waals surface area contributed by atoms with Crippen LogP contribution in [-0.4, -0.2) is 19.0 Å². The van der Waals surface area contributed by atoms with Gasteiger partial charge in [0.25, 0.3) is 5.91 Å². The number of nitrogens with two attached hydrogens (primary N) is 1. The second-order valence-corrected chi connectivity index (χ2v) is 5.50. The maximum Gasteiger partial charge on any atom is 0.263 e. The average Bonchev–Trinajstić information content (AvgIpc) is 3.17. The molecule has 1 fully saturated rings. The molecule has 1 aromatic rings. The SMILES string of the molecule is C=CCNC(=O)c1sc(NCC2CC2)c(C#N)c1N. The van der Waals surface area contributed by atoms with E-state index in [0.717, 1.165) is 6.54 Å².